The molecule has 0 aliphatic heterocycles. The molecule has 12 heavy (non-hydrogen) atoms. The summed E-state index contributed by atoms with van der Waals surface area (Å²) in [6, 6.07) is 6.42. The fraction of sp³-hybridized carbons (Fsp3) is 0.143. The number of hydrogen-bond donors (Lipinski definition) is 1. The molecule has 1 aromatic carbocycles. The summed E-state index contributed by atoms with van der Waals surface area (Å²) in [5.41, 5.74) is 0.610. The molecule has 0 saturated heterocycles. The fourth-order valence-corrected chi connectivity index (χ4v) is 0.921. The van der Waals surface area contributed by atoms with Gasteiger partial charge in [0.1, 0.15) is 6.61 Å². The van der Waals surface area contributed by atoms with Crippen molar-refractivity contribution in [2.45, 2.75) is 6.61 Å². The van der Waals surface area contributed by atoms with Gasteiger partial charge in [-0.3, -0.25) is 10.1 Å². The molecule has 0 aliphatic rings. The Bertz CT molecular complexity index is 288. The average Bonchev–Trinajstić information content (AvgIpc) is 2.05. The van der Waals surface area contributed by atoms with Crippen LogP contribution in [0.4, 0.5) is 5.69 Å². The molecule has 0 amide bonds. The summed E-state index contributed by atoms with van der Waals surface area (Å²) in [6.45, 7) is 0.164. The largest absolute Gasteiger partial charge is 0.275 e. The number of benzene rings is 1. The van der Waals surface area contributed by atoms with Crippen LogP contribution in [-0.4, -0.2) is 4.92 Å². The molecular weight excluding hydrogens is 160 g/mol. The van der Waals surface area contributed by atoms with E-state index in [1.54, 1.807) is 18.2 Å². The van der Waals surface area contributed by atoms with Crippen LogP contribution in [0.5, 0.6) is 0 Å². The third-order valence-corrected chi connectivity index (χ3v) is 1.45. The number of hydrogen-bond acceptors (Lipinski definition) is 3. The highest BCUT2D eigenvalue weighted by atomic mass is 16.6. The van der Waals surface area contributed by atoms with Crippen LogP contribution in [0, 0.1) is 10.1 Å². The van der Waals surface area contributed by atoms with Crippen molar-refractivity contribution in [3.63, 3.8) is 0 Å². The van der Waals surface area contributed by atoms with Crippen molar-refractivity contribution in [1.82, 2.24) is 0 Å². The highest BCUT2D eigenvalue weighted by molar-refractivity contribution is 5.39. The lowest BCUT2D eigenvalue weighted by Gasteiger charge is -1.97. The van der Waals surface area contributed by atoms with Gasteiger partial charge >= 0.3 is 0 Å². The van der Waals surface area contributed by atoms with Crippen molar-refractivity contribution < 1.29 is 15.7 Å². The summed E-state index contributed by atoms with van der Waals surface area (Å²) < 4.78 is 0. The molecule has 0 bridgehead atoms. The van der Waals surface area contributed by atoms with Gasteiger partial charge in [-0.15, -0.1) is 0 Å². The second-order valence-electron chi connectivity index (χ2n) is 2.23. The van der Waals surface area contributed by atoms with Gasteiger partial charge in [0.2, 0.25) is 0 Å². The normalized spacial score (nSPS) is 9.75. The van der Waals surface area contributed by atoms with Gasteiger partial charge in [-0.05, 0) is 6.07 Å². The Morgan fingerprint density at radius 2 is 2.17 bits per heavy atom. The van der Waals surface area contributed by atoms with Crippen LogP contribution in [0.2, 0.25) is 0 Å². The van der Waals surface area contributed by atoms with E-state index in [-0.39, 0.29) is 12.3 Å². The lowest BCUT2D eigenvalue weighted by atomic mass is 10.2. The van der Waals surface area contributed by atoms with Crippen molar-refractivity contribution in [1.29, 1.82) is 0 Å². The van der Waals surface area contributed by atoms with Crippen LogP contribution < -0.4 is 5.90 Å². The van der Waals surface area contributed by atoms with Gasteiger partial charge < -0.3 is 0 Å². The topological polar surface area (TPSA) is 80.0 Å². The number of nitro groups is 1. The smallest absolute Gasteiger partial charge is 0.258 e. The molecule has 0 radical (unpaired) electrons. The van der Waals surface area contributed by atoms with Gasteiger partial charge in [0.25, 0.3) is 5.69 Å². The van der Waals surface area contributed by atoms with Crippen molar-refractivity contribution >= 4 is 5.69 Å². The molecule has 1 aromatic rings. The molecule has 3 N–H and O–H groups in total. The third kappa shape index (κ3) is 1.77. The molecule has 64 valence electrons. The number of nitrogens with zero attached hydrogens (tertiary/aromatic N) is 1. The number of quaternary nitrogens is 1. The molecule has 1 rings (SSSR count). The molecule has 0 heterocycles. The van der Waals surface area contributed by atoms with E-state index in [1.165, 1.54) is 6.07 Å². The molecule has 0 spiro atoms. The lowest BCUT2D eigenvalue weighted by Crippen LogP contribution is -2.48. The summed E-state index contributed by atoms with van der Waals surface area (Å²) >= 11 is 0. The highest BCUT2D eigenvalue weighted by Gasteiger charge is 2.11. The van der Waals surface area contributed by atoms with Gasteiger partial charge in [-0.25, -0.2) is 10.7 Å². The van der Waals surface area contributed by atoms with Crippen LogP contribution in [0.3, 0.4) is 0 Å². The molecule has 0 saturated carbocycles. The Hall–Kier alpha value is -1.46. The van der Waals surface area contributed by atoms with E-state index in [0.717, 1.165) is 0 Å². The zero-order valence-corrected chi connectivity index (χ0v) is 6.40. The minimum atomic E-state index is -0.436. The second-order valence-corrected chi connectivity index (χ2v) is 2.23. The van der Waals surface area contributed by atoms with Gasteiger partial charge in [0.05, 0.1) is 10.5 Å². The third-order valence-electron chi connectivity index (χ3n) is 1.45. The molecule has 0 aromatic heterocycles. The molecule has 0 fully saturated rings. The zero-order chi connectivity index (χ0) is 8.97. The van der Waals surface area contributed by atoms with Crippen LogP contribution in [0.25, 0.3) is 0 Å². The summed E-state index contributed by atoms with van der Waals surface area (Å²) in [5.74, 6) is 3.16. The summed E-state index contributed by atoms with van der Waals surface area (Å²) in [5, 5.41) is 10.4. The van der Waals surface area contributed by atoms with Gasteiger partial charge in [-0.2, -0.15) is 0 Å². The summed E-state index contributed by atoms with van der Waals surface area (Å²) in [6.07, 6.45) is 0. The summed E-state index contributed by atoms with van der Waals surface area (Å²) in [7, 11) is 0. The second kappa shape index (κ2) is 3.80. The fourth-order valence-electron chi connectivity index (χ4n) is 0.921. The molecular formula is C7H9N2O3+. The van der Waals surface area contributed by atoms with Crippen LogP contribution in [0.15, 0.2) is 24.3 Å². The van der Waals surface area contributed by atoms with E-state index >= 15 is 0 Å². The van der Waals surface area contributed by atoms with Gasteiger partial charge in [-0.1, -0.05) is 12.1 Å². The van der Waals surface area contributed by atoms with E-state index in [9.17, 15) is 10.1 Å². The van der Waals surface area contributed by atoms with E-state index in [4.69, 9.17) is 0 Å². The first-order valence-electron chi connectivity index (χ1n) is 3.35. The monoisotopic (exact) mass is 169 g/mol. The lowest BCUT2D eigenvalue weighted by molar-refractivity contribution is -0.695. The Balaban J connectivity index is 3.00. The maximum atomic E-state index is 10.4. The molecule has 0 atom stereocenters. The molecule has 0 unspecified atom stereocenters. The maximum absolute atomic E-state index is 10.4. The maximum Gasteiger partial charge on any atom is 0.275 e. The van der Waals surface area contributed by atoms with E-state index in [0.29, 0.717) is 5.56 Å². The standard InChI is InChI=1S/C7H9N2O3/c8-12-5-6-3-1-2-4-7(6)9(10)11/h1-4H,5H2,8H3/q+1. The van der Waals surface area contributed by atoms with Gasteiger partial charge in [0.15, 0.2) is 0 Å². The SMILES string of the molecule is [NH3+]OCc1ccccc1[N+](=O)[O-]. The van der Waals surface area contributed by atoms with E-state index in [2.05, 4.69) is 10.7 Å². The molecule has 0 aliphatic carbocycles. The van der Waals surface area contributed by atoms with Crippen LogP contribution >= 0.6 is 0 Å². The first-order chi connectivity index (χ1) is 5.75. The molecule has 5 nitrogen and oxygen atoms in total. The Kier molecular flexibility index (Phi) is 2.73. The molecule has 5 heteroatoms. The predicted octanol–water partition coefficient (Wildman–Crippen LogP) is 0.268. The minimum absolute atomic E-state index is 0.0705. The van der Waals surface area contributed by atoms with Crippen molar-refractivity contribution in [2.24, 2.45) is 0 Å². The highest BCUT2D eigenvalue weighted by Crippen LogP contribution is 2.17. The Morgan fingerprint density at radius 3 is 2.75 bits per heavy atom. The van der Waals surface area contributed by atoms with Gasteiger partial charge in [0, 0.05) is 6.07 Å². The number of para-hydroxylation sites is 1. The zero-order valence-electron chi connectivity index (χ0n) is 6.40. The Labute approximate surface area is 68.9 Å². The number of rotatable bonds is 3. The average molecular weight is 169 g/mol. The summed E-state index contributed by atoms with van der Waals surface area (Å²) in [4.78, 5) is 14.6. The van der Waals surface area contributed by atoms with Crippen LogP contribution in [0.1, 0.15) is 5.56 Å². The van der Waals surface area contributed by atoms with Crippen LogP contribution in [-0.2, 0) is 11.4 Å². The predicted molar refractivity (Wildman–Crippen MR) is 40.8 cm³/mol. The number of nitro benzene ring substituents is 1. The van der Waals surface area contributed by atoms with Crippen molar-refractivity contribution in [3.8, 4) is 0 Å². The van der Waals surface area contributed by atoms with Crippen molar-refractivity contribution in [3.05, 3.63) is 39.9 Å². The quantitative estimate of drug-likeness (QED) is 0.520. The first kappa shape index (κ1) is 8.63. The minimum Gasteiger partial charge on any atom is -0.258 e. The van der Waals surface area contributed by atoms with E-state index < -0.39 is 4.92 Å². The van der Waals surface area contributed by atoms with Crippen molar-refractivity contribution in [2.75, 3.05) is 0 Å². The van der Waals surface area contributed by atoms with E-state index in [1.807, 2.05) is 0 Å². The first-order valence-corrected chi connectivity index (χ1v) is 3.35. The Morgan fingerprint density at radius 1 is 1.50 bits per heavy atom.